The lowest BCUT2D eigenvalue weighted by molar-refractivity contribution is -0.121. The molecule has 0 bridgehead atoms. The van der Waals surface area contributed by atoms with E-state index in [1.54, 1.807) is 0 Å². The van der Waals surface area contributed by atoms with Gasteiger partial charge in [-0.25, -0.2) is 0 Å². The van der Waals surface area contributed by atoms with Gasteiger partial charge in [0.1, 0.15) is 11.5 Å². The molecule has 2 nitrogen and oxygen atoms in total. The number of benzene rings is 1. The van der Waals surface area contributed by atoms with Crippen LogP contribution >= 0.6 is 0 Å². The highest BCUT2D eigenvalue weighted by Crippen LogP contribution is 2.39. The van der Waals surface area contributed by atoms with Crippen molar-refractivity contribution in [2.24, 2.45) is 5.92 Å². The van der Waals surface area contributed by atoms with E-state index in [2.05, 4.69) is 53.7 Å². The van der Waals surface area contributed by atoms with Gasteiger partial charge in [-0.05, 0) is 33.9 Å². The monoisotopic (exact) mass is 304 g/mol. The number of Topliss-reactive ketones (excluding diaryl/α,β-unsaturated/α-hetero) is 1. The molecule has 1 rings (SSSR count). The number of hydrogen-bond acceptors (Lipinski definition) is 2. The number of carbonyl (C=O) groups excluding carboxylic acids is 1. The van der Waals surface area contributed by atoms with Crippen molar-refractivity contribution in [3.05, 3.63) is 28.8 Å². The molecular formula is C20H32O2. The molecule has 0 aliphatic rings. The van der Waals surface area contributed by atoms with Crippen LogP contribution in [-0.4, -0.2) is 10.9 Å². The highest BCUT2D eigenvalue weighted by molar-refractivity contribution is 5.80. The average Bonchev–Trinajstić information content (AvgIpc) is 2.33. The number of phenols is 1. The smallest absolute Gasteiger partial charge is 0.135 e. The minimum atomic E-state index is -0.123. The molecule has 0 saturated carbocycles. The molecule has 0 fully saturated rings. The summed E-state index contributed by atoms with van der Waals surface area (Å²) in [7, 11) is 0. The third-order valence-corrected chi connectivity index (χ3v) is 4.09. The maximum Gasteiger partial charge on any atom is 0.135 e. The summed E-state index contributed by atoms with van der Waals surface area (Å²) in [4.78, 5) is 11.9. The average molecular weight is 304 g/mol. The Balaban J connectivity index is 3.27. The Morgan fingerprint density at radius 2 is 1.41 bits per heavy atom. The molecule has 0 aromatic heterocycles. The Kier molecular flexibility index (Phi) is 5.48. The molecule has 0 atom stereocenters. The molecule has 0 spiro atoms. The fourth-order valence-corrected chi connectivity index (χ4v) is 2.54. The van der Waals surface area contributed by atoms with E-state index in [1.807, 2.05) is 13.8 Å². The number of carbonyl (C=O) groups is 1. The number of rotatable bonds is 4. The van der Waals surface area contributed by atoms with Crippen LogP contribution in [0.4, 0.5) is 0 Å². The molecular weight excluding hydrogens is 272 g/mol. The van der Waals surface area contributed by atoms with E-state index in [4.69, 9.17) is 0 Å². The lowest BCUT2D eigenvalue weighted by Gasteiger charge is -2.28. The molecule has 0 aliphatic heterocycles. The van der Waals surface area contributed by atoms with Gasteiger partial charge in [0.2, 0.25) is 0 Å². The third-order valence-electron chi connectivity index (χ3n) is 4.09. The van der Waals surface area contributed by atoms with Gasteiger partial charge in [0.25, 0.3) is 0 Å². The van der Waals surface area contributed by atoms with Crippen LogP contribution in [0.15, 0.2) is 12.1 Å². The second kappa shape index (κ2) is 6.44. The molecule has 22 heavy (non-hydrogen) atoms. The zero-order chi connectivity index (χ0) is 17.3. The predicted molar refractivity (Wildman–Crippen MR) is 93.7 cm³/mol. The third kappa shape index (κ3) is 4.59. The fourth-order valence-electron chi connectivity index (χ4n) is 2.54. The van der Waals surface area contributed by atoms with Crippen LogP contribution < -0.4 is 0 Å². The van der Waals surface area contributed by atoms with E-state index >= 15 is 0 Å². The van der Waals surface area contributed by atoms with E-state index in [0.717, 1.165) is 23.1 Å². The topological polar surface area (TPSA) is 37.3 Å². The first-order chi connectivity index (χ1) is 9.84. The normalized spacial score (nSPS) is 12.8. The molecule has 2 heteroatoms. The molecule has 0 amide bonds. The minimum Gasteiger partial charge on any atom is -0.507 e. The van der Waals surface area contributed by atoms with Gasteiger partial charge in [0.05, 0.1) is 0 Å². The Hall–Kier alpha value is -1.31. The predicted octanol–water partition coefficient (Wildman–Crippen LogP) is 5.14. The number of aryl methyl sites for hydroxylation is 1. The van der Waals surface area contributed by atoms with Crippen molar-refractivity contribution >= 4 is 5.78 Å². The van der Waals surface area contributed by atoms with E-state index in [0.29, 0.717) is 18.0 Å². The summed E-state index contributed by atoms with van der Waals surface area (Å²) in [5.74, 6) is 0.780. The molecule has 1 aromatic carbocycles. The summed E-state index contributed by atoms with van der Waals surface area (Å²) >= 11 is 0. The minimum absolute atomic E-state index is 0.0845. The van der Waals surface area contributed by atoms with Gasteiger partial charge in [0, 0.05) is 12.3 Å². The lowest BCUT2D eigenvalue weighted by Crippen LogP contribution is -2.18. The van der Waals surface area contributed by atoms with Crippen LogP contribution in [-0.2, 0) is 22.0 Å². The standard InChI is InChI=1S/C20H32O2/c1-13(2)17(21)10-9-14-11-15(19(3,4)5)18(22)16(12-14)20(6,7)8/h11-13,22H,9-10H2,1-8H3. The van der Waals surface area contributed by atoms with Crippen molar-refractivity contribution in [3.8, 4) is 5.75 Å². The van der Waals surface area contributed by atoms with Crippen molar-refractivity contribution in [1.29, 1.82) is 0 Å². The van der Waals surface area contributed by atoms with Crippen LogP contribution in [0.5, 0.6) is 5.75 Å². The fraction of sp³-hybridized carbons (Fsp3) is 0.650. The van der Waals surface area contributed by atoms with Gasteiger partial charge in [-0.15, -0.1) is 0 Å². The summed E-state index contributed by atoms with van der Waals surface area (Å²) in [6.45, 7) is 16.5. The van der Waals surface area contributed by atoms with Gasteiger partial charge in [-0.2, -0.15) is 0 Å². The van der Waals surface area contributed by atoms with Crippen molar-refractivity contribution in [2.75, 3.05) is 0 Å². The van der Waals surface area contributed by atoms with Crippen molar-refractivity contribution in [3.63, 3.8) is 0 Å². The van der Waals surface area contributed by atoms with Crippen LogP contribution in [0.2, 0.25) is 0 Å². The Morgan fingerprint density at radius 3 is 1.73 bits per heavy atom. The number of ketones is 1. The summed E-state index contributed by atoms with van der Waals surface area (Å²) in [6, 6.07) is 4.14. The van der Waals surface area contributed by atoms with E-state index in [-0.39, 0.29) is 16.7 Å². The number of aromatic hydroxyl groups is 1. The lowest BCUT2D eigenvalue weighted by atomic mass is 9.78. The molecule has 0 heterocycles. The molecule has 124 valence electrons. The van der Waals surface area contributed by atoms with Gasteiger partial charge < -0.3 is 5.11 Å². The second-order valence-corrected chi connectivity index (χ2v) is 8.66. The number of phenolic OH excluding ortho intramolecular Hbond substituents is 1. The molecule has 1 aromatic rings. The maximum atomic E-state index is 11.9. The van der Waals surface area contributed by atoms with Crippen molar-refractivity contribution in [2.45, 2.75) is 79.1 Å². The molecule has 0 radical (unpaired) electrons. The number of hydrogen-bond donors (Lipinski definition) is 1. The van der Waals surface area contributed by atoms with Crippen molar-refractivity contribution < 1.29 is 9.90 Å². The van der Waals surface area contributed by atoms with Gasteiger partial charge >= 0.3 is 0 Å². The summed E-state index contributed by atoms with van der Waals surface area (Å²) in [5.41, 5.74) is 2.82. The highest BCUT2D eigenvalue weighted by Gasteiger charge is 2.26. The van der Waals surface area contributed by atoms with Crippen LogP contribution in [0.25, 0.3) is 0 Å². The molecule has 0 aliphatic carbocycles. The summed E-state index contributed by atoms with van der Waals surface area (Å²) in [6.07, 6.45) is 1.30. The van der Waals surface area contributed by atoms with Gasteiger partial charge in [-0.3, -0.25) is 4.79 Å². The van der Waals surface area contributed by atoms with Crippen LogP contribution in [0, 0.1) is 5.92 Å². The Labute approximate surface area is 135 Å². The molecule has 0 saturated heterocycles. The zero-order valence-electron chi connectivity index (χ0n) is 15.5. The first-order valence-corrected chi connectivity index (χ1v) is 8.23. The van der Waals surface area contributed by atoms with Crippen molar-refractivity contribution in [1.82, 2.24) is 0 Å². The first-order valence-electron chi connectivity index (χ1n) is 8.23. The second-order valence-electron chi connectivity index (χ2n) is 8.66. The van der Waals surface area contributed by atoms with Gasteiger partial charge in [0.15, 0.2) is 0 Å². The summed E-state index contributed by atoms with van der Waals surface area (Å²) < 4.78 is 0. The Morgan fingerprint density at radius 1 is 1.00 bits per heavy atom. The van der Waals surface area contributed by atoms with Gasteiger partial charge in [-0.1, -0.05) is 67.5 Å². The van der Waals surface area contributed by atoms with Crippen LogP contribution in [0.1, 0.15) is 78.5 Å². The Bertz CT molecular complexity index is 505. The van der Waals surface area contributed by atoms with E-state index < -0.39 is 0 Å². The van der Waals surface area contributed by atoms with E-state index in [1.165, 1.54) is 0 Å². The quantitative estimate of drug-likeness (QED) is 0.835. The first kappa shape index (κ1) is 18.7. The van der Waals surface area contributed by atoms with E-state index in [9.17, 15) is 9.90 Å². The SMILES string of the molecule is CC(C)C(=O)CCc1cc(C(C)(C)C)c(O)c(C(C)(C)C)c1. The largest absolute Gasteiger partial charge is 0.507 e. The highest BCUT2D eigenvalue weighted by atomic mass is 16.3. The maximum absolute atomic E-state index is 11.9. The zero-order valence-corrected chi connectivity index (χ0v) is 15.5. The summed E-state index contributed by atoms with van der Waals surface area (Å²) in [5, 5.41) is 10.7. The van der Waals surface area contributed by atoms with Crippen LogP contribution in [0.3, 0.4) is 0 Å². The molecule has 0 unspecified atom stereocenters. The molecule has 1 N–H and O–H groups in total.